The number of benzene rings is 2. The number of aromatic amines is 1. The van der Waals surface area contributed by atoms with Gasteiger partial charge in [0.1, 0.15) is 11.6 Å². The van der Waals surface area contributed by atoms with E-state index in [9.17, 15) is 9.59 Å². The van der Waals surface area contributed by atoms with Crippen molar-refractivity contribution in [2.24, 2.45) is 0 Å². The summed E-state index contributed by atoms with van der Waals surface area (Å²) in [6.45, 7) is 1.13. The maximum absolute atomic E-state index is 12.4. The van der Waals surface area contributed by atoms with Crippen LogP contribution in [0.25, 0.3) is 10.9 Å². The van der Waals surface area contributed by atoms with E-state index in [1.165, 1.54) is 0 Å². The molecular formula is C20H19N3O3. The molecule has 1 aromatic heterocycles. The van der Waals surface area contributed by atoms with Crippen LogP contribution in [0, 0.1) is 0 Å². The SMILES string of the molecule is COc1ccc2nc([C@H]3CC(=O)N(Cc4ccccc4)C3)[nH]c(=O)c2c1. The molecule has 0 unspecified atom stereocenters. The Balaban J connectivity index is 1.60. The number of hydrogen-bond donors (Lipinski definition) is 1. The van der Waals surface area contributed by atoms with Crippen molar-refractivity contribution in [1.29, 1.82) is 0 Å². The monoisotopic (exact) mass is 349 g/mol. The van der Waals surface area contributed by atoms with Crippen LogP contribution < -0.4 is 10.3 Å². The zero-order chi connectivity index (χ0) is 18.1. The summed E-state index contributed by atoms with van der Waals surface area (Å²) < 4.78 is 5.16. The maximum atomic E-state index is 12.4. The lowest BCUT2D eigenvalue weighted by Gasteiger charge is -2.16. The van der Waals surface area contributed by atoms with Crippen LogP contribution in [0.5, 0.6) is 5.75 Å². The first-order valence-electron chi connectivity index (χ1n) is 8.53. The maximum Gasteiger partial charge on any atom is 0.258 e. The van der Waals surface area contributed by atoms with E-state index >= 15 is 0 Å². The number of likely N-dealkylation sites (tertiary alicyclic amines) is 1. The summed E-state index contributed by atoms with van der Waals surface area (Å²) in [6, 6.07) is 15.1. The Kier molecular flexibility index (Phi) is 4.16. The highest BCUT2D eigenvalue weighted by Gasteiger charge is 2.32. The van der Waals surface area contributed by atoms with E-state index in [4.69, 9.17) is 4.74 Å². The lowest BCUT2D eigenvalue weighted by Crippen LogP contribution is -2.24. The predicted octanol–water partition coefficient (Wildman–Crippen LogP) is 2.45. The van der Waals surface area contributed by atoms with Crippen LogP contribution in [0.4, 0.5) is 0 Å². The number of H-pyrrole nitrogens is 1. The van der Waals surface area contributed by atoms with E-state index in [2.05, 4.69) is 9.97 Å². The van der Waals surface area contributed by atoms with E-state index in [-0.39, 0.29) is 17.4 Å². The molecule has 0 radical (unpaired) electrons. The van der Waals surface area contributed by atoms with E-state index in [0.717, 1.165) is 5.56 Å². The second-order valence-electron chi connectivity index (χ2n) is 6.50. The fourth-order valence-corrected chi connectivity index (χ4v) is 3.37. The van der Waals surface area contributed by atoms with Crippen LogP contribution in [-0.2, 0) is 11.3 Å². The number of ether oxygens (including phenoxy) is 1. The molecule has 1 N–H and O–H groups in total. The number of carbonyl (C=O) groups is 1. The first-order chi connectivity index (χ1) is 12.6. The Morgan fingerprint density at radius 1 is 1.19 bits per heavy atom. The van der Waals surface area contributed by atoms with Crippen molar-refractivity contribution in [2.75, 3.05) is 13.7 Å². The van der Waals surface area contributed by atoms with Gasteiger partial charge in [-0.15, -0.1) is 0 Å². The third kappa shape index (κ3) is 3.06. The Morgan fingerprint density at radius 2 is 2.00 bits per heavy atom. The van der Waals surface area contributed by atoms with Gasteiger partial charge in [-0.3, -0.25) is 9.59 Å². The number of methoxy groups -OCH3 is 1. The van der Waals surface area contributed by atoms with Crippen LogP contribution in [0.3, 0.4) is 0 Å². The van der Waals surface area contributed by atoms with E-state index < -0.39 is 0 Å². The molecule has 0 spiro atoms. The minimum atomic E-state index is -0.210. The fourth-order valence-electron chi connectivity index (χ4n) is 3.37. The van der Waals surface area contributed by atoms with Gasteiger partial charge in [-0.1, -0.05) is 30.3 Å². The lowest BCUT2D eigenvalue weighted by atomic mass is 10.1. The van der Waals surface area contributed by atoms with Crippen LogP contribution >= 0.6 is 0 Å². The van der Waals surface area contributed by atoms with Gasteiger partial charge in [-0.2, -0.15) is 0 Å². The highest BCUT2D eigenvalue weighted by atomic mass is 16.5. The highest BCUT2D eigenvalue weighted by molar-refractivity contribution is 5.81. The molecule has 3 aromatic rings. The summed E-state index contributed by atoms with van der Waals surface area (Å²) in [5.41, 5.74) is 1.49. The van der Waals surface area contributed by atoms with Crippen molar-refractivity contribution in [3.63, 3.8) is 0 Å². The number of amides is 1. The molecule has 2 heterocycles. The molecule has 6 nitrogen and oxygen atoms in total. The van der Waals surface area contributed by atoms with Crippen molar-refractivity contribution in [3.8, 4) is 5.75 Å². The molecule has 2 aromatic carbocycles. The quantitative estimate of drug-likeness (QED) is 0.785. The van der Waals surface area contributed by atoms with Gasteiger partial charge in [0.15, 0.2) is 0 Å². The molecule has 1 amide bonds. The Morgan fingerprint density at radius 3 is 2.77 bits per heavy atom. The third-order valence-electron chi connectivity index (χ3n) is 4.75. The largest absolute Gasteiger partial charge is 0.497 e. The van der Waals surface area contributed by atoms with Gasteiger partial charge in [0.25, 0.3) is 5.56 Å². The van der Waals surface area contributed by atoms with E-state index in [1.807, 2.05) is 35.2 Å². The van der Waals surface area contributed by atoms with Crippen molar-refractivity contribution < 1.29 is 9.53 Å². The number of aromatic nitrogens is 2. The second kappa shape index (κ2) is 6.63. The van der Waals surface area contributed by atoms with E-state index in [0.29, 0.717) is 42.0 Å². The van der Waals surface area contributed by atoms with Crippen LogP contribution in [0.1, 0.15) is 23.7 Å². The van der Waals surface area contributed by atoms with Crippen LogP contribution in [0.2, 0.25) is 0 Å². The summed E-state index contributed by atoms with van der Waals surface area (Å²) in [5, 5.41) is 0.485. The normalized spacial score (nSPS) is 17.0. The summed E-state index contributed by atoms with van der Waals surface area (Å²) in [5.74, 6) is 1.15. The molecule has 1 fully saturated rings. The summed E-state index contributed by atoms with van der Waals surface area (Å²) >= 11 is 0. The lowest BCUT2D eigenvalue weighted by molar-refractivity contribution is -0.128. The Bertz CT molecular complexity index is 1010. The molecule has 6 heteroatoms. The van der Waals surface area contributed by atoms with Crippen LogP contribution in [-0.4, -0.2) is 34.4 Å². The zero-order valence-corrected chi connectivity index (χ0v) is 14.4. The average Bonchev–Trinajstić information content (AvgIpc) is 3.03. The van der Waals surface area contributed by atoms with Gasteiger partial charge in [0.2, 0.25) is 5.91 Å². The van der Waals surface area contributed by atoms with Gasteiger partial charge in [0, 0.05) is 25.4 Å². The topological polar surface area (TPSA) is 75.3 Å². The van der Waals surface area contributed by atoms with Gasteiger partial charge in [-0.05, 0) is 23.8 Å². The smallest absolute Gasteiger partial charge is 0.258 e. The molecule has 4 rings (SSSR count). The standard InChI is InChI=1S/C20H19N3O3/c1-26-15-7-8-17-16(10-15)20(25)22-19(21-17)14-9-18(24)23(12-14)11-13-5-3-2-4-6-13/h2-8,10,14H,9,11-12H2,1H3,(H,21,22,25)/t14-/m0/s1. The number of nitrogens with one attached hydrogen (secondary N) is 1. The summed E-state index contributed by atoms with van der Waals surface area (Å²) in [7, 11) is 1.56. The minimum absolute atomic E-state index is 0.0799. The van der Waals surface area contributed by atoms with Crippen LogP contribution in [0.15, 0.2) is 53.3 Å². The number of rotatable bonds is 4. The van der Waals surface area contributed by atoms with Gasteiger partial charge < -0.3 is 14.6 Å². The summed E-state index contributed by atoms with van der Waals surface area (Å²) in [4.78, 5) is 34.1. The molecule has 1 saturated heterocycles. The Labute approximate surface area is 150 Å². The predicted molar refractivity (Wildman–Crippen MR) is 98.1 cm³/mol. The molecule has 132 valence electrons. The number of carbonyl (C=O) groups excluding carboxylic acids is 1. The molecule has 0 bridgehead atoms. The molecule has 1 aliphatic rings. The highest BCUT2D eigenvalue weighted by Crippen LogP contribution is 2.27. The van der Waals surface area contributed by atoms with Crippen molar-refractivity contribution in [3.05, 3.63) is 70.3 Å². The van der Waals surface area contributed by atoms with E-state index in [1.54, 1.807) is 25.3 Å². The van der Waals surface area contributed by atoms with Gasteiger partial charge in [-0.25, -0.2) is 4.98 Å². The molecule has 0 aliphatic carbocycles. The van der Waals surface area contributed by atoms with Crippen molar-refractivity contribution in [1.82, 2.24) is 14.9 Å². The molecule has 1 aliphatic heterocycles. The zero-order valence-electron chi connectivity index (χ0n) is 14.4. The summed E-state index contributed by atoms with van der Waals surface area (Å²) in [6.07, 6.45) is 0.359. The van der Waals surface area contributed by atoms with Crippen molar-refractivity contribution in [2.45, 2.75) is 18.9 Å². The molecule has 1 atom stereocenters. The second-order valence-corrected chi connectivity index (χ2v) is 6.50. The van der Waals surface area contributed by atoms with Gasteiger partial charge >= 0.3 is 0 Å². The third-order valence-corrected chi connectivity index (χ3v) is 4.75. The minimum Gasteiger partial charge on any atom is -0.497 e. The number of fused-ring (bicyclic) bond motifs is 1. The number of nitrogens with zero attached hydrogens (tertiary/aromatic N) is 2. The number of hydrogen-bond acceptors (Lipinski definition) is 4. The first kappa shape index (κ1) is 16.3. The average molecular weight is 349 g/mol. The first-order valence-corrected chi connectivity index (χ1v) is 8.53. The van der Waals surface area contributed by atoms with Crippen molar-refractivity contribution >= 4 is 16.8 Å². The molecule has 26 heavy (non-hydrogen) atoms. The molecule has 0 saturated carbocycles. The fraction of sp³-hybridized carbons (Fsp3) is 0.250. The molecular weight excluding hydrogens is 330 g/mol. The Hall–Kier alpha value is -3.15. The van der Waals surface area contributed by atoms with Gasteiger partial charge in [0.05, 0.1) is 18.0 Å².